The van der Waals surface area contributed by atoms with Crippen molar-refractivity contribution in [1.82, 2.24) is 5.32 Å². The molecule has 0 saturated heterocycles. The van der Waals surface area contributed by atoms with Crippen LogP contribution < -0.4 is 5.32 Å². The summed E-state index contributed by atoms with van der Waals surface area (Å²) in [5, 5.41) is 3.85. The van der Waals surface area contributed by atoms with Gasteiger partial charge in [-0.05, 0) is 43.2 Å². The molecule has 2 fully saturated rings. The Labute approximate surface area is 127 Å². The summed E-state index contributed by atoms with van der Waals surface area (Å²) in [4.78, 5) is 0. The first-order chi connectivity index (χ1) is 10.3. The first-order valence-corrected chi connectivity index (χ1v) is 8.17. The highest BCUT2D eigenvalue weighted by Gasteiger charge is 2.42. The van der Waals surface area contributed by atoms with E-state index in [1.165, 1.54) is 36.0 Å². The van der Waals surface area contributed by atoms with Gasteiger partial charge >= 0.3 is 0 Å². The van der Waals surface area contributed by atoms with Crippen molar-refractivity contribution < 1.29 is 0 Å². The summed E-state index contributed by atoms with van der Waals surface area (Å²) >= 11 is 0. The summed E-state index contributed by atoms with van der Waals surface area (Å²) in [5.74, 6) is 1.53. The lowest BCUT2D eigenvalue weighted by molar-refractivity contribution is 0.287. The van der Waals surface area contributed by atoms with Gasteiger partial charge in [0.05, 0.1) is 0 Å². The molecular formula is C20H23N. The molecule has 2 aromatic carbocycles. The molecule has 0 aromatic heterocycles. The van der Waals surface area contributed by atoms with Crippen LogP contribution in [-0.4, -0.2) is 12.1 Å². The van der Waals surface area contributed by atoms with Gasteiger partial charge in [0.15, 0.2) is 0 Å². The van der Waals surface area contributed by atoms with Gasteiger partial charge in [-0.3, -0.25) is 0 Å². The van der Waals surface area contributed by atoms with E-state index in [-0.39, 0.29) is 0 Å². The van der Waals surface area contributed by atoms with Crippen molar-refractivity contribution in [2.24, 2.45) is 0 Å². The van der Waals surface area contributed by atoms with E-state index in [0.29, 0.717) is 0 Å². The summed E-state index contributed by atoms with van der Waals surface area (Å²) in [6, 6.07) is 21.5. The molecule has 2 aliphatic rings. The van der Waals surface area contributed by atoms with Crippen LogP contribution in [0.4, 0.5) is 0 Å². The van der Waals surface area contributed by atoms with Crippen molar-refractivity contribution >= 4 is 0 Å². The van der Waals surface area contributed by atoms with E-state index in [1.807, 2.05) is 0 Å². The van der Waals surface area contributed by atoms with E-state index in [0.717, 1.165) is 23.9 Å². The molecule has 1 N–H and O–H groups in total. The predicted octanol–water partition coefficient (Wildman–Crippen LogP) is 4.39. The van der Waals surface area contributed by atoms with Crippen LogP contribution in [0.1, 0.15) is 47.8 Å². The Morgan fingerprint density at radius 2 is 1.52 bits per heavy atom. The Kier molecular flexibility index (Phi) is 3.31. The lowest BCUT2D eigenvalue weighted by Crippen LogP contribution is -2.41. The number of rotatable bonds is 4. The van der Waals surface area contributed by atoms with Crippen molar-refractivity contribution in [3.63, 3.8) is 0 Å². The van der Waals surface area contributed by atoms with Gasteiger partial charge in [-0.15, -0.1) is 0 Å². The van der Waals surface area contributed by atoms with Crippen LogP contribution >= 0.6 is 0 Å². The Bertz CT molecular complexity index is 595. The molecule has 2 atom stereocenters. The lowest BCUT2D eigenvalue weighted by atomic mass is 9.75. The molecule has 2 aromatic rings. The molecule has 1 nitrogen and oxygen atoms in total. The zero-order valence-electron chi connectivity index (χ0n) is 12.6. The van der Waals surface area contributed by atoms with Gasteiger partial charge in [0.1, 0.15) is 0 Å². The third kappa shape index (κ3) is 2.75. The van der Waals surface area contributed by atoms with Gasteiger partial charge in [0.2, 0.25) is 0 Å². The van der Waals surface area contributed by atoms with Crippen molar-refractivity contribution in [3.05, 3.63) is 71.3 Å². The van der Waals surface area contributed by atoms with Crippen LogP contribution in [0.2, 0.25) is 0 Å². The molecule has 1 heteroatoms. The lowest BCUT2D eigenvalue weighted by Gasteiger charge is -2.36. The van der Waals surface area contributed by atoms with Gasteiger partial charge in [0.25, 0.3) is 0 Å². The smallest absolute Gasteiger partial charge is 0.0145 e. The quantitative estimate of drug-likeness (QED) is 0.874. The molecule has 0 heterocycles. The first-order valence-electron chi connectivity index (χ1n) is 8.17. The molecule has 0 spiro atoms. The first kappa shape index (κ1) is 13.1. The highest BCUT2D eigenvalue weighted by molar-refractivity contribution is 5.29. The fourth-order valence-electron chi connectivity index (χ4n) is 3.62. The van der Waals surface area contributed by atoms with E-state index in [4.69, 9.17) is 0 Å². The van der Waals surface area contributed by atoms with E-state index in [9.17, 15) is 0 Å². The summed E-state index contributed by atoms with van der Waals surface area (Å²) < 4.78 is 0. The number of aryl methyl sites for hydroxylation is 1. The van der Waals surface area contributed by atoms with Gasteiger partial charge in [0, 0.05) is 18.0 Å². The molecule has 21 heavy (non-hydrogen) atoms. The Morgan fingerprint density at radius 1 is 0.810 bits per heavy atom. The normalized spacial score (nSPS) is 30.7. The average Bonchev–Trinajstić information content (AvgIpc) is 3.24. The highest BCUT2D eigenvalue weighted by atomic mass is 15.0. The zero-order chi connectivity index (χ0) is 14.2. The van der Waals surface area contributed by atoms with Gasteiger partial charge in [-0.1, -0.05) is 60.2 Å². The maximum absolute atomic E-state index is 3.85. The summed E-state index contributed by atoms with van der Waals surface area (Å²) in [7, 11) is 0. The topological polar surface area (TPSA) is 12.0 Å². The Morgan fingerprint density at radius 3 is 2.24 bits per heavy atom. The van der Waals surface area contributed by atoms with E-state index in [2.05, 4.69) is 66.8 Å². The Balaban J connectivity index is 1.27. The van der Waals surface area contributed by atoms with Crippen molar-refractivity contribution in [2.75, 3.05) is 0 Å². The maximum Gasteiger partial charge on any atom is 0.0145 e. The van der Waals surface area contributed by atoms with E-state index in [1.54, 1.807) is 0 Å². The van der Waals surface area contributed by atoms with Crippen LogP contribution in [-0.2, 0) is 0 Å². The zero-order valence-corrected chi connectivity index (χ0v) is 12.6. The largest absolute Gasteiger partial charge is 0.311 e. The molecule has 0 radical (unpaired) electrons. The molecule has 4 rings (SSSR count). The summed E-state index contributed by atoms with van der Waals surface area (Å²) in [5.41, 5.74) is 4.38. The molecule has 2 saturated carbocycles. The van der Waals surface area contributed by atoms with Gasteiger partial charge in [-0.25, -0.2) is 0 Å². The fraction of sp³-hybridized carbons (Fsp3) is 0.400. The van der Waals surface area contributed by atoms with Crippen molar-refractivity contribution in [3.8, 4) is 0 Å². The van der Waals surface area contributed by atoms with Crippen LogP contribution in [0.5, 0.6) is 0 Å². The van der Waals surface area contributed by atoms with Crippen LogP contribution in [0.15, 0.2) is 54.6 Å². The molecular weight excluding hydrogens is 254 g/mol. The second kappa shape index (κ2) is 5.31. The van der Waals surface area contributed by atoms with E-state index < -0.39 is 0 Å². The number of hydrogen-bond acceptors (Lipinski definition) is 1. The van der Waals surface area contributed by atoms with Crippen molar-refractivity contribution in [2.45, 2.75) is 50.1 Å². The highest BCUT2D eigenvalue weighted by Crippen LogP contribution is 2.44. The van der Waals surface area contributed by atoms with Crippen LogP contribution in [0.3, 0.4) is 0 Å². The van der Waals surface area contributed by atoms with Crippen LogP contribution in [0.25, 0.3) is 0 Å². The molecule has 108 valence electrons. The predicted molar refractivity (Wildman–Crippen MR) is 87.7 cm³/mol. The number of nitrogens with one attached hydrogen (secondary N) is 1. The molecule has 2 unspecified atom stereocenters. The SMILES string of the molecule is Cc1ccc(C2CC(NC3CC3c3ccccc3)C2)cc1. The monoisotopic (exact) mass is 277 g/mol. The second-order valence-corrected chi connectivity index (χ2v) is 6.80. The standard InChI is InChI=1S/C20H23N/c1-14-7-9-15(10-8-14)17-11-18(12-17)21-20-13-19(20)16-5-3-2-4-6-16/h2-10,17-21H,11-13H2,1H3. The molecule has 0 bridgehead atoms. The minimum absolute atomic E-state index is 0.719. The minimum atomic E-state index is 0.719. The molecule has 0 amide bonds. The van der Waals surface area contributed by atoms with Crippen LogP contribution in [0, 0.1) is 6.92 Å². The number of hydrogen-bond donors (Lipinski definition) is 1. The third-order valence-electron chi connectivity index (χ3n) is 5.15. The van der Waals surface area contributed by atoms with Gasteiger partial charge < -0.3 is 5.32 Å². The van der Waals surface area contributed by atoms with Crippen molar-refractivity contribution in [1.29, 1.82) is 0 Å². The minimum Gasteiger partial charge on any atom is -0.311 e. The third-order valence-corrected chi connectivity index (χ3v) is 5.15. The molecule has 0 aliphatic heterocycles. The molecule has 2 aliphatic carbocycles. The van der Waals surface area contributed by atoms with E-state index >= 15 is 0 Å². The summed E-state index contributed by atoms with van der Waals surface area (Å²) in [6.45, 7) is 2.16. The Hall–Kier alpha value is -1.60. The number of benzene rings is 2. The second-order valence-electron chi connectivity index (χ2n) is 6.80. The fourth-order valence-corrected chi connectivity index (χ4v) is 3.62. The summed E-state index contributed by atoms with van der Waals surface area (Å²) in [6.07, 6.45) is 3.93. The average molecular weight is 277 g/mol. The van der Waals surface area contributed by atoms with Gasteiger partial charge in [-0.2, -0.15) is 0 Å². The maximum atomic E-state index is 3.85.